The van der Waals surface area contributed by atoms with Crippen molar-refractivity contribution < 1.29 is 0 Å². The molecule has 0 fully saturated rings. The fourth-order valence-corrected chi connectivity index (χ4v) is 2.82. The number of nitrogens with zero attached hydrogens (tertiary/aromatic N) is 2. The highest BCUT2D eigenvalue weighted by atomic mass is 79.9. The summed E-state index contributed by atoms with van der Waals surface area (Å²) in [5.41, 5.74) is 4.98. The topological polar surface area (TPSA) is 63.8 Å². The van der Waals surface area contributed by atoms with Crippen molar-refractivity contribution in [3.63, 3.8) is 0 Å². The second kappa shape index (κ2) is 5.68. The van der Waals surface area contributed by atoms with Crippen LogP contribution in [0.1, 0.15) is 22.2 Å². The van der Waals surface area contributed by atoms with Gasteiger partial charge >= 0.3 is 0 Å². The fourth-order valence-electron chi connectivity index (χ4n) is 1.67. The Bertz CT molecular complexity index is 500. The minimum Gasteiger partial charge on any atom is -0.271 e. The molecule has 0 aliphatic rings. The van der Waals surface area contributed by atoms with Crippen LogP contribution in [0.2, 0.25) is 0 Å². The van der Waals surface area contributed by atoms with Crippen molar-refractivity contribution in [1.29, 1.82) is 0 Å². The standard InChI is InChI=1S/C11H13BrN4S/c1-7-11(17-16-15-7)10(14-13)6-8-4-2-3-5-9(8)12/h2-5,10,14H,6,13H2,1H3. The van der Waals surface area contributed by atoms with Gasteiger partial charge in [0.1, 0.15) is 0 Å². The summed E-state index contributed by atoms with van der Waals surface area (Å²) in [5.74, 6) is 5.62. The third-order valence-corrected chi connectivity index (χ3v) is 4.30. The van der Waals surface area contributed by atoms with Crippen LogP contribution in [0.5, 0.6) is 0 Å². The Morgan fingerprint density at radius 1 is 1.47 bits per heavy atom. The van der Waals surface area contributed by atoms with Crippen molar-refractivity contribution in [3.8, 4) is 0 Å². The SMILES string of the molecule is Cc1nnsc1C(Cc1ccccc1Br)NN. The maximum Gasteiger partial charge on any atom is 0.0773 e. The van der Waals surface area contributed by atoms with E-state index in [9.17, 15) is 0 Å². The molecule has 1 atom stereocenters. The van der Waals surface area contributed by atoms with Crippen molar-refractivity contribution >= 4 is 27.5 Å². The molecule has 4 nitrogen and oxygen atoms in total. The van der Waals surface area contributed by atoms with Crippen LogP contribution in [0.15, 0.2) is 28.7 Å². The minimum atomic E-state index is 0.0497. The Morgan fingerprint density at radius 3 is 2.82 bits per heavy atom. The molecule has 0 aliphatic carbocycles. The van der Waals surface area contributed by atoms with E-state index in [1.54, 1.807) is 0 Å². The van der Waals surface area contributed by atoms with Crippen molar-refractivity contribution in [2.24, 2.45) is 5.84 Å². The Morgan fingerprint density at radius 2 is 2.24 bits per heavy atom. The number of aryl methyl sites for hydroxylation is 1. The molecular formula is C11H13BrN4S. The lowest BCUT2D eigenvalue weighted by Gasteiger charge is -2.15. The molecule has 0 bridgehead atoms. The molecule has 1 aromatic heterocycles. The van der Waals surface area contributed by atoms with Gasteiger partial charge in [-0.3, -0.25) is 11.3 Å². The van der Waals surface area contributed by atoms with Crippen LogP contribution in [-0.2, 0) is 6.42 Å². The van der Waals surface area contributed by atoms with Crippen LogP contribution < -0.4 is 11.3 Å². The molecule has 6 heteroatoms. The molecule has 0 saturated carbocycles. The van der Waals surface area contributed by atoms with Crippen LogP contribution >= 0.6 is 27.5 Å². The number of hydrogen-bond donors (Lipinski definition) is 2. The molecule has 2 aromatic rings. The minimum absolute atomic E-state index is 0.0497. The van der Waals surface area contributed by atoms with Gasteiger partial charge in [-0.2, -0.15) is 0 Å². The van der Waals surface area contributed by atoms with E-state index >= 15 is 0 Å². The van der Waals surface area contributed by atoms with Crippen molar-refractivity contribution in [2.45, 2.75) is 19.4 Å². The molecule has 1 unspecified atom stereocenters. The maximum absolute atomic E-state index is 5.62. The zero-order valence-electron chi connectivity index (χ0n) is 9.35. The third kappa shape index (κ3) is 2.90. The zero-order valence-corrected chi connectivity index (χ0v) is 11.8. The summed E-state index contributed by atoms with van der Waals surface area (Å²) in [6, 6.07) is 8.18. The molecule has 2 rings (SSSR count). The number of nitrogens with one attached hydrogen (secondary N) is 1. The average Bonchev–Trinajstić information content (AvgIpc) is 2.75. The van der Waals surface area contributed by atoms with E-state index < -0.39 is 0 Å². The molecule has 90 valence electrons. The molecule has 17 heavy (non-hydrogen) atoms. The molecule has 1 aromatic carbocycles. The van der Waals surface area contributed by atoms with Gasteiger partial charge in [-0.15, -0.1) is 5.10 Å². The van der Waals surface area contributed by atoms with Crippen molar-refractivity contribution in [3.05, 3.63) is 44.9 Å². The lowest BCUT2D eigenvalue weighted by molar-refractivity contribution is 0.556. The van der Waals surface area contributed by atoms with Crippen LogP contribution in [0, 0.1) is 6.92 Å². The van der Waals surface area contributed by atoms with E-state index in [2.05, 4.69) is 37.0 Å². The van der Waals surface area contributed by atoms with Crippen LogP contribution in [0.25, 0.3) is 0 Å². The van der Waals surface area contributed by atoms with Gasteiger partial charge in [0.2, 0.25) is 0 Å². The van der Waals surface area contributed by atoms with Gasteiger partial charge < -0.3 is 0 Å². The molecular weight excluding hydrogens is 300 g/mol. The summed E-state index contributed by atoms with van der Waals surface area (Å²) in [6.45, 7) is 1.95. The lowest BCUT2D eigenvalue weighted by atomic mass is 10.0. The van der Waals surface area contributed by atoms with Gasteiger partial charge in [0.15, 0.2) is 0 Å². The van der Waals surface area contributed by atoms with Crippen LogP contribution in [-0.4, -0.2) is 9.59 Å². The number of aromatic nitrogens is 2. The van der Waals surface area contributed by atoms with Crippen molar-refractivity contribution in [2.75, 3.05) is 0 Å². The van der Waals surface area contributed by atoms with Gasteiger partial charge in [0.05, 0.1) is 16.6 Å². The van der Waals surface area contributed by atoms with E-state index in [0.29, 0.717) is 0 Å². The summed E-state index contributed by atoms with van der Waals surface area (Å²) in [5, 5.41) is 4.01. The number of hydrogen-bond acceptors (Lipinski definition) is 5. The second-order valence-corrected chi connectivity index (χ2v) is 5.38. The molecule has 0 radical (unpaired) electrons. The largest absolute Gasteiger partial charge is 0.271 e. The van der Waals surface area contributed by atoms with E-state index in [0.717, 1.165) is 21.5 Å². The Hall–Kier alpha value is -0.820. The smallest absolute Gasteiger partial charge is 0.0773 e. The normalized spacial score (nSPS) is 12.6. The first kappa shape index (κ1) is 12.6. The van der Waals surface area contributed by atoms with Gasteiger partial charge in [-0.1, -0.05) is 38.6 Å². The van der Waals surface area contributed by atoms with Gasteiger partial charge in [0.25, 0.3) is 0 Å². The Balaban J connectivity index is 2.22. The number of benzene rings is 1. The molecule has 0 amide bonds. The van der Waals surface area contributed by atoms with Crippen LogP contribution in [0.3, 0.4) is 0 Å². The monoisotopic (exact) mass is 312 g/mol. The highest BCUT2D eigenvalue weighted by Gasteiger charge is 2.17. The summed E-state index contributed by atoms with van der Waals surface area (Å²) in [7, 11) is 0. The summed E-state index contributed by atoms with van der Waals surface area (Å²) in [6.07, 6.45) is 0.808. The van der Waals surface area contributed by atoms with Crippen LogP contribution in [0.4, 0.5) is 0 Å². The maximum atomic E-state index is 5.62. The summed E-state index contributed by atoms with van der Waals surface area (Å²) < 4.78 is 5.03. The predicted octanol–water partition coefficient (Wildman–Crippen LogP) is 2.36. The second-order valence-electron chi connectivity index (χ2n) is 3.74. The van der Waals surface area contributed by atoms with Gasteiger partial charge in [0, 0.05) is 4.47 Å². The summed E-state index contributed by atoms with van der Waals surface area (Å²) in [4.78, 5) is 1.09. The highest BCUT2D eigenvalue weighted by molar-refractivity contribution is 9.10. The summed E-state index contributed by atoms with van der Waals surface area (Å²) >= 11 is 4.93. The molecule has 0 spiro atoms. The van der Waals surface area contributed by atoms with Gasteiger partial charge in [-0.25, -0.2) is 0 Å². The van der Waals surface area contributed by atoms with Crippen molar-refractivity contribution in [1.82, 2.24) is 15.0 Å². The zero-order chi connectivity index (χ0) is 12.3. The first-order chi connectivity index (χ1) is 8.22. The van der Waals surface area contributed by atoms with E-state index in [1.165, 1.54) is 17.1 Å². The predicted molar refractivity (Wildman–Crippen MR) is 72.6 cm³/mol. The van der Waals surface area contributed by atoms with E-state index in [1.807, 2.05) is 25.1 Å². The Labute approximate surface area is 112 Å². The highest BCUT2D eigenvalue weighted by Crippen LogP contribution is 2.26. The number of rotatable bonds is 4. The quantitative estimate of drug-likeness (QED) is 0.672. The fraction of sp³-hybridized carbons (Fsp3) is 0.273. The first-order valence-electron chi connectivity index (χ1n) is 5.20. The van der Waals surface area contributed by atoms with E-state index in [4.69, 9.17) is 5.84 Å². The lowest BCUT2D eigenvalue weighted by Crippen LogP contribution is -2.29. The number of halogens is 1. The number of nitrogens with two attached hydrogens (primary N) is 1. The molecule has 3 N–H and O–H groups in total. The average molecular weight is 313 g/mol. The molecule has 0 aliphatic heterocycles. The molecule has 1 heterocycles. The van der Waals surface area contributed by atoms with E-state index in [-0.39, 0.29) is 6.04 Å². The molecule has 0 saturated heterocycles. The third-order valence-electron chi connectivity index (χ3n) is 2.59. The number of hydrazine groups is 1. The first-order valence-corrected chi connectivity index (χ1v) is 6.77. The van der Waals surface area contributed by atoms with Gasteiger partial charge in [-0.05, 0) is 36.5 Å². The Kier molecular flexibility index (Phi) is 4.22.